The average Bonchev–Trinajstić information content (AvgIpc) is 3.00. The first-order chi connectivity index (χ1) is 14.8. The monoisotopic (exact) mass is 423 g/mol. The van der Waals surface area contributed by atoms with Crippen LogP contribution in [-0.2, 0) is 34.3 Å². The van der Waals surface area contributed by atoms with E-state index in [4.69, 9.17) is 9.47 Å². The van der Waals surface area contributed by atoms with E-state index in [1.165, 1.54) is 0 Å². The van der Waals surface area contributed by atoms with E-state index in [0.29, 0.717) is 13.0 Å². The van der Waals surface area contributed by atoms with Gasteiger partial charge in [0.1, 0.15) is 5.75 Å². The maximum atomic E-state index is 12.4. The molecular weight excluding hydrogens is 394 g/mol. The van der Waals surface area contributed by atoms with E-state index in [9.17, 15) is 9.59 Å². The maximum Gasteiger partial charge on any atom is 0.306 e. The van der Waals surface area contributed by atoms with Gasteiger partial charge in [-0.1, -0.05) is 18.2 Å². The summed E-state index contributed by atoms with van der Waals surface area (Å²) >= 11 is 0. The van der Waals surface area contributed by atoms with Crippen LogP contribution in [0.5, 0.6) is 5.75 Å². The predicted molar refractivity (Wildman–Crippen MR) is 119 cm³/mol. The number of carbonyl (C=O) groups is 2. The molecule has 0 N–H and O–H groups in total. The maximum absolute atomic E-state index is 12.4. The molecule has 0 radical (unpaired) electrons. The number of hydrogen-bond acceptors (Lipinski definition) is 5. The Morgan fingerprint density at radius 1 is 1.10 bits per heavy atom. The van der Waals surface area contributed by atoms with Crippen molar-refractivity contribution >= 4 is 22.6 Å². The quantitative estimate of drug-likeness (QED) is 0.520. The van der Waals surface area contributed by atoms with Gasteiger partial charge >= 0.3 is 5.97 Å². The highest BCUT2D eigenvalue weighted by molar-refractivity contribution is 5.85. The number of aryl methyl sites for hydroxylation is 2. The van der Waals surface area contributed by atoms with Crippen LogP contribution in [-0.4, -0.2) is 47.3 Å². The van der Waals surface area contributed by atoms with Crippen LogP contribution in [0.15, 0.2) is 36.4 Å². The molecule has 31 heavy (non-hydrogen) atoms. The van der Waals surface area contributed by atoms with Crippen LogP contribution in [0, 0.1) is 13.8 Å². The number of ether oxygens (including phenoxy) is 2. The van der Waals surface area contributed by atoms with Crippen LogP contribution in [0.3, 0.4) is 0 Å². The number of hydrogen-bond donors (Lipinski definition) is 0. The molecule has 1 amide bonds. The van der Waals surface area contributed by atoms with Crippen molar-refractivity contribution in [2.24, 2.45) is 7.05 Å². The van der Waals surface area contributed by atoms with Crippen molar-refractivity contribution < 1.29 is 19.1 Å². The second-order valence-corrected chi connectivity index (χ2v) is 7.73. The Morgan fingerprint density at radius 2 is 1.81 bits per heavy atom. The molecule has 0 spiro atoms. The Balaban J connectivity index is 1.49. The van der Waals surface area contributed by atoms with Gasteiger partial charge in [0, 0.05) is 32.8 Å². The Hall–Kier alpha value is -3.35. The normalized spacial score (nSPS) is 10.9. The summed E-state index contributed by atoms with van der Waals surface area (Å²) in [5.74, 6) is 0.184. The minimum absolute atomic E-state index is 0.221. The zero-order valence-corrected chi connectivity index (χ0v) is 18.8. The number of rotatable bonds is 8. The number of nitrogens with zero attached hydrogens (tertiary/aromatic N) is 3. The number of benzene rings is 2. The molecule has 3 rings (SSSR count). The van der Waals surface area contributed by atoms with Crippen molar-refractivity contribution in [3.8, 4) is 5.75 Å². The van der Waals surface area contributed by atoms with E-state index in [1.54, 1.807) is 23.7 Å². The molecule has 0 aliphatic rings. The molecule has 7 nitrogen and oxygen atoms in total. The van der Waals surface area contributed by atoms with Crippen LogP contribution in [0.1, 0.15) is 28.9 Å². The molecule has 0 saturated heterocycles. The van der Waals surface area contributed by atoms with Crippen LogP contribution in [0.4, 0.5) is 0 Å². The van der Waals surface area contributed by atoms with Gasteiger partial charge < -0.3 is 14.4 Å². The molecule has 0 fully saturated rings. The van der Waals surface area contributed by atoms with Crippen LogP contribution < -0.4 is 4.74 Å². The largest absolute Gasteiger partial charge is 0.497 e. The molecule has 7 heteroatoms. The topological polar surface area (TPSA) is 73.7 Å². The van der Waals surface area contributed by atoms with Crippen molar-refractivity contribution in [3.05, 3.63) is 58.9 Å². The lowest BCUT2D eigenvalue weighted by atomic mass is 10.1. The van der Waals surface area contributed by atoms with E-state index < -0.39 is 0 Å². The van der Waals surface area contributed by atoms with Crippen molar-refractivity contribution in [1.82, 2.24) is 14.7 Å². The first-order valence-electron chi connectivity index (χ1n) is 10.2. The van der Waals surface area contributed by atoms with Crippen LogP contribution in [0.2, 0.25) is 0 Å². The summed E-state index contributed by atoms with van der Waals surface area (Å²) in [6, 6.07) is 11.9. The molecular formula is C24H29N3O4. The molecule has 0 atom stereocenters. The second kappa shape index (κ2) is 9.64. The molecule has 0 aliphatic heterocycles. The number of aromatic nitrogens is 2. The van der Waals surface area contributed by atoms with Gasteiger partial charge in [-0.2, -0.15) is 5.10 Å². The van der Waals surface area contributed by atoms with Gasteiger partial charge in [0.25, 0.3) is 5.91 Å². The lowest BCUT2D eigenvalue weighted by Gasteiger charge is -2.17. The first kappa shape index (κ1) is 22.3. The van der Waals surface area contributed by atoms with Crippen molar-refractivity contribution in [2.45, 2.75) is 33.2 Å². The summed E-state index contributed by atoms with van der Waals surface area (Å²) < 4.78 is 12.3. The fraction of sp³-hybridized carbons (Fsp3) is 0.375. The zero-order chi connectivity index (χ0) is 22.5. The van der Waals surface area contributed by atoms with Gasteiger partial charge in [-0.15, -0.1) is 0 Å². The Bertz CT molecular complexity index is 1100. The average molecular weight is 424 g/mol. The van der Waals surface area contributed by atoms with Gasteiger partial charge in [-0.25, -0.2) is 0 Å². The number of fused-ring (bicyclic) bond motifs is 1. The van der Waals surface area contributed by atoms with Gasteiger partial charge in [-0.3, -0.25) is 14.3 Å². The fourth-order valence-corrected chi connectivity index (χ4v) is 3.59. The van der Waals surface area contributed by atoms with E-state index in [-0.39, 0.29) is 24.9 Å². The molecule has 164 valence electrons. The third-order valence-corrected chi connectivity index (χ3v) is 5.55. The third kappa shape index (κ3) is 5.42. The number of esters is 1. The molecule has 1 heterocycles. The zero-order valence-electron chi connectivity index (χ0n) is 18.8. The van der Waals surface area contributed by atoms with Crippen molar-refractivity contribution in [1.29, 1.82) is 0 Å². The number of methoxy groups -OCH3 is 1. The summed E-state index contributed by atoms with van der Waals surface area (Å²) in [5.41, 5.74) is 4.01. The summed E-state index contributed by atoms with van der Waals surface area (Å²) in [7, 11) is 5.23. The molecule has 1 aromatic heterocycles. The highest BCUT2D eigenvalue weighted by Gasteiger charge is 2.15. The van der Waals surface area contributed by atoms with E-state index in [1.807, 2.05) is 57.3 Å². The summed E-state index contributed by atoms with van der Waals surface area (Å²) in [5, 5.41) is 6.50. The van der Waals surface area contributed by atoms with Gasteiger partial charge in [-0.05, 0) is 60.4 Å². The summed E-state index contributed by atoms with van der Waals surface area (Å²) in [6.07, 6.45) is 0.773. The highest BCUT2D eigenvalue weighted by Crippen LogP contribution is 2.22. The van der Waals surface area contributed by atoms with Crippen LogP contribution >= 0.6 is 0 Å². The third-order valence-electron chi connectivity index (χ3n) is 5.55. The highest BCUT2D eigenvalue weighted by atomic mass is 16.5. The number of carbonyl (C=O) groups excluding carboxylic acids is 2. The lowest BCUT2D eigenvalue weighted by Crippen LogP contribution is -2.30. The number of amides is 1. The van der Waals surface area contributed by atoms with E-state index in [2.05, 4.69) is 5.10 Å². The molecule has 0 bridgehead atoms. The SMILES string of the molecule is COc1ccc2cc(CN(C)C(=O)COC(=O)CCc3c(C)nn(C)c3C)ccc2c1. The lowest BCUT2D eigenvalue weighted by molar-refractivity contribution is -0.151. The number of likely N-dealkylation sites (N-methyl/N-ethyl adjacent to an activating group) is 1. The molecule has 2 aromatic carbocycles. The van der Waals surface area contributed by atoms with E-state index in [0.717, 1.165) is 39.0 Å². The van der Waals surface area contributed by atoms with Crippen molar-refractivity contribution in [3.63, 3.8) is 0 Å². The van der Waals surface area contributed by atoms with Crippen molar-refractivity contribution in [2.75, 3.05) is 20.8 Å². The Morgan fingerprint density at radius 3 is 2.48 bits per heavy atom. The first-order valence-corrected chi connectivity index (χ1v) is 10.2. The fourth-order valence-electron chi connectivity index (χ4n) is 3.59. The molecule has 0 unspecified atom stereocenters. The minimum atomic E-state index is -0.385. The summed E-state index contributed by atoms with van der Waals surface area (Å²) in [6.45, 7) is 4.08. The van der Waals surface area contributed by atoms with Gasteiger partial charge in [0.2, 0.25) is 0 Å². The smallest absolute Gasteiger partial charge is 0.306 e. The Kier molecular flexibility index (Phi) is 6.95. The second-order valence-electron chi connectivity index (χ2n) is 7.73. The molecule has 0 aliphatic carbocycles. The standard InChI is InChI=1S/C24H29N3O4/c1-16-22(17(2)27(4)25-16)10-11-24(29)31-15-23(28)26(3)14-18-6-7-20-13-21(30-5)9-8-19(20)12-18/h6-9,12-13H,10-11,14-15H2,1-5H3. The summed E-state index contributed by atoms with van der Waals surface area (Å²) in [4.78, 5) is 26.1. The minimum Gasteiger partial charge on any atom is -0.497 e. The van der Waals surface area contributed by atoms with Gasteiger partial charge in [0.05, 0.1) is 12.8 Å². The molecule has 0 saturated carbocycles. The Labute approximate surface area is 182 Å². The van der Waals surface area contributed by atoms with E-state index >= 15 is 0 Å². The molecule has 3 aromatic rings. The van der Waals surface area contributed by atoms with Crippen LogP contribution in [0.25, 0.3) is 10.8 Å². The predicted octanol–water partition coefficient (Wildman–Crippen LogP) is 3.33. The van der Waals surface area contributed by atoms with Gasteiger partial charge in [0.15, 0.2) is 6.61 Å².